The molecule has 0 amide bonds. The number of hydrogen-bond acceptors (Lipinski definition) is 4. The molecule has 50 valence electrons. The van der Waals surface area contributed by atoms with Crippen LogP contribution in [0.25, 0.3) is 0 Å². The summed E-state index contributed by atoms with van der Waals surface area (Å²) in [5.74, 6) is 0. The summed E-state index contributed by atoms with van der Waals surface area (Å²) in [6, 6.07) is 0. The molecule has 0 aromatic rings. The first-order chi connectivity index (χ1) is 7.12. The lowest BCUT2D eigenvalue weighted by Crippen LogP contribution is -1.88. The minimum absolute atomic E-state index is 3.34. The van der Waals surface area contributed by atoms with Crippen LogP contribution in [0.3, 0.4) is 0 Å². The summed E-state index contributed by atoms with van der Waals surface area (Å²) in [5.41, 5.74) is 0. The van der Waals surface area contributed by atoms with Gasteiger partial charge in [-0.3, -0.25) is 13.6 Å². The van der Waals surface area contributed by atoms with Gasteiger partial charge in [0, 0.05) is 21.1 Å². The average molecular weight is 149 g/mol. The molecule has 0 spiro atoms. The van der Waals surface area contributed by atoms with E-state index >= 15 is 0 Å². The Morgan fingerprint density at radius 1 is 1.25 bits per heavy atom. The topological polar surface area (TPSA) is 44.8 Å². The van der Waals surface area contributed by atoms with Crippen LogP contribution in [0, 0.1) is 0 Å². The third kappa shape index (κ3) is 1.92. The third-order valence-electron chi connectivity index (χ3n) is 0.335. The first-order valence-corrected chi connectivity index (χ1v) is 2.80. The van der Waals surface area contributed by atoms with Crippen molar-refractivity contribution in [3.05, 3.63) is 0 Å². The van der Waals surface area contributed by atoms with Gasteiger partial charge in [-0.1, -0.05) is 0 Å². The summed E-state index contributed by atoms with van der Waals surface area (Å²) in [4.78, 5) is 0. The van der Waals surface area contributed by atoms with Crippen LogP contribution in [0.4, 0.5) is 0 Å². The van der Waals surface area contributed by atoms with Crippen molar-refractivity contribution in [2.75, 3.05) is 21.1 Å². The van der Waals surface area contributed by atoms with Gasteiger partial charge in [0.15, 0.2) is 0 Å². The molecule has 0 aliphatic carbocycles. The standard InChI is InChI=1S/C3H9O4P/c1-5-8(4,6-2)7-3/h1-3H3/i1D3,2D3,3D3. The maximum absolute atomic E-state index is 11.5. The summed E-state index contributed by atoms with van der Waals surface area (Å²) in [6.07, 6.45) is 0. The Hall–Kier alpha value is 0.110. The van der Waals surface area contributed by atoms with E-state index in [1.165, 1.54) is 0 Å². The van der Waals surface area contributed by atoms with Gasteiger partial charge in [0.1, 0.15) is 0 Å². The van der Waals surface area contributed by atoms with Crippen molar-refractivity contribution >= 4 is 7.82 Å². The van der Waals surface area contributed by atoms with Gasteiger partial charge >= 0.3 is 7.82 Å². The van der Waals surface area contributed by atoms with Crippen LogP contribution in [0.5, 0.6) is 0 Å². The van der Waals surface area contributed by atoms with E-state index in [1.807, 2.05) is 0 Å². The van der Waals surface area contributed by atoms with Crippen molar-refractivity contribution in [1.29, 1.82) is 0 Å². The van der Waals surface area contributed by atoms with Crippen molar-refractivity contribution in [2.24, 2.45) is 0 Å². The SMILES string of the molecule is [2H]C([2H])([2H])OP(=O)(OC([2H])([2H])[2H])OC([2H])([2H])[2H]. The molecule has 0 fully saturated rings. The molecule has 0 aromatic heterocycles. The molecule has 0 heterocycles. The molecule has 0 saturated carbocycles. The zero-order chi connectivity index (χ0) is 14.1. The van der Waals surface area contributed by atoms with Gasteiger partial charge in [0.2, 0.25) is 0 Å². The Morgan fingerprint density at radius 3 is 1.88 bits per heavy atom. The van der Waals surface area contributed by atoms with E-state index < -0.39 is 28.9 Å². The smallest absolute Gasteiger partial charge is 0.290 e. The zero-order valence-electron chi connectivity index (χ0n) is 12.6. The molecule has 0 unspecified atom stereocenters. The van der Waals surface area contributed by atoms with E-state index in [-0.39, 0.29) is 0 Å². The zero-order valence-corrected chi connectivity index (χ0v) is 4.47. The van der Waals surface area contributed by atoms with Gasteiger partial charge in [0.25, 0.3) is 0 Å². The van der Waals surface area contributed by atoms with E-state index in [1.54, 1.807) is 0 Å². The van der Waals surface area contributed by atoms with E-state index in [9.17, 15) is 4.57 Å². The molecule has 0 radical (unpaired) electrons. The van der Waals surface area contributed by atoms with Crippen molar-refractivity contribution < 1.29 is 30.5 Å². The molecule has 0 atom stereocenters. The first kappa shape index (κ1) is 1.58. The monoisotopic (exact) mass is 149 g/mol. The molecule has 0 rings (SSSR count). The lowest BCUT2D eigenvalue weighted by atomic mass is 11.8. The molecule has 4 nitrogen and oxygen atoms in total. The fourth-order valence-corrected chi connectivity index (χ4v) is 0.168. The molecule has 0 saturated heterocycles. The lowest BCUT2D eigenvalue weighted by Gasteiger charge is -2.08. The maximum Gasteiger partial charge on any atom is 0.473 e. The fourth-order valence-electron chi connectivity index (χ4n) is 0.0559. The van der Waals surface area contributed by atoms with E-state index in [0.29, 0.717) is 0 Å². The second-order valence-corrected chi connectivity index (χ2v) is 2.16. The second kappa shape index (κ2) is 3.20. The van der Waals surface area contributed by atoms with Gasteiger partial charge in [0.05, 0.1) is 12.3 Å². The van der Waals surface area contributed by atoms with Crippen LogP contribution in [-0.2, 0) is 18.1 Å². The summed E-state index contributed by atoms with van der Waals surface area (Å²) in [5, 5.41) is 0. The highest BCUT2D eigenvalue weighted by atomic mass is 31.2. The first-order valence-electron chi connectivity index (χ1n) is 5.84. The van der Waals surface area contributed by atoms with Gasteiger partial charge in [-0.2, -0.15) is 0 Å². The molecule has 0 N–H and O–H groups in total. The van der Waals surface area contributed by atoms with Crippen LogP contribution in [0.2, 0.25) is 0 Å². The maximum atomic E-state index is 11.5. The number of hydrogen-bond donors (Lipinski definition) is 0. The summed E-state index contributed by atoms with van der Waals surface area (Å²) >= 11 is 0. The van der Waals surface area contributed by atoms with Gasteiger partial charge in [-0.05, 0) is 0 Å². The molecule has 5 heteroatoms. The van der Waals surface area contributed by atoms with Crippen LogP contribution < -0.4 is 0 Å². The Morgan fingerprint density at radius 2 is 1.62 bits per heavy atom. The number of phosphoric acid groups is 1. The van der Waals surface area contributed by atoms with Gasteiger partial charge < -0.3 is 0 Å². The molecular weight excluding hydrogens is 131 g/mol. The quantitative estimate of drug-likeness (QED) is 0.562. The fraction of sp³-hybridized carbons (Fsp3) is 1.00. The summed E-state index contributed by atoms with van der Waals surface area (Å²) < 4.78 is 82.4. The molecule has 8 heavy (non-hydrogen) atoms. The predicted molar refractivity (Wildman–Crippen MR) is 28.6 cm³/mol. The second-order valence-electron chi connectivity index (χ2n) is 0.721. The highest BCUT2D eigenvalue weighted by Crippen LogP contribution is 2.46. The summed E-state index contributed by atoms with van der Waals surface area (Å²) in [7, 11) is -15.3. The molecule has 0 aromatic carbocycles. The molecular formula is C3H9O4P. The highest BCUT2D eigenvalue weighted by molar-refractivity contribution is 7.48. The van der Waals surface area contributed by atoms with Crippen LogP contribution in [0.1, 0.15) is 12.3 Å². The molecule has 0 bridgehead atoms. The van der Waals surface area contributed by atoms with Crippen molar-refractivity contribution in [3.8, 4) is 0 Å². The van der Waals surface area contributed by atoms with Crippen molar-refractivity contribution in [1.82, 2.24) is 0 Å². The molecule has 0 aliphatic heterocycles. The average Bonchev–Trinajstić information content (AvgIpc) is 1.65. The van der Waals surface area contributed by atoms with Crippen LogP contribution in [-0.4, -0.2) is 21.1 Å². The summed E-state index contributed by atoms with van der Waals surface area (Å²) in [6.45, 7) is 0. The largest absolute Gasteiger partial charge is 0.473 e. The highest BCUT2D eigenvalue weighted by Gasteiger charge is 2.18. The number of phosphoric ester groups is 1. The number of rotatable bonds is 3. The Balaban J connectivity index is 5.03. The lowest BCUT2D eigenvalue weighted by molar-refractivity contribution is 0.178. The van der Waals surface area contributed by atoms with Crippen molar-refractivity contribution in [3.63, 3.8) is 0 Å². The normalized spacial score (nSPS) is 33.2. The third-order valence-corrected chi connectivity index (χ3v) is 1.01. The van der Waals surface area contributed by atoms with E-state index in [2.05, 4.69) is 13.6 Å². The Bertz CT molecular complexity index is 253. The van der Waals surface area contributed by atoms with E-state index in [4.69, 9.17) is 12.3 Å². The minimum atomic E-state index is -5.27. The van der Waals surface area contributed by atoms with Gasteiger partial charge in [-0.25, -0.2) is 4.57 Å². The Labute approximate surface area is 61.0 Å². The minimum Gasteiger partial charge on any atom is -0.290 e. The van der Waals surface area contributed by atoms with E-state index in [0.717, 1.165) is 0 Å². The van der Waals surface area contributed by atoms with Crippen LogP contribution in [0.15, 0.2) is 0 Å². The molecule has 0 aliphatic rings. The predicted octanol–water partition coefficient (Wildman–Crippen LogP) is 1.03. The van der Waals surface area contributed by atoms with Crippen molar-refractivity contribution in [2.45, 2.75) is 0 Å². The van der Waals surface area contributed by atoms with Gasteiger partial charge in [-0.15, -0.1) is 0 Å². The Kier molecular flexibility index (Phi) is 0.632. The van der Waals surface area contributed by atoms with Crippen LogP contribution >= 0.6 is 7.82 Å².